The van der Waals surface area contributed by atoms with E-state index in [1.807, 2.05) is 79.7 Å². The van der Waals surface area contributed by atoms with Crippen LogP contribution in [-0.2, 0) is 17.8 Å². The van der Waals surface area contributed by atoms with Gasteiger partial charge >= 0.3 is 0 Å². The average molecular weight is 385 g/mol. The van der Waals surface area contributed by atoms with Crippen LogP contribution >= 0.6 is 0 Å². The maximum Gasteiger partial charge on any atom is 0.226 e. The zero-order valence-electron chi connectivity index (χ0n) is 16.4. The van der Waals surface area contributed by atoms with Crippen LogP contribution in [0.1, 0.15) is 17.0 Å². The van der Waals surface area contributed by atoms with E-state index in [1.54, 1.807) is 0 Å². The predicted molar refractivity (Wildman–Crippen MR) is 113 cm³/mol. The van der Waals surface area contributed by atoms with Crippen molar-refractivity contribution in [1.29, 1.82) is 0 Å². The number of aryl methyl sites for hydroxylation is 1. The predicted octanol–water partition coefficient (Wildman–Crippen LogP) is 6.20. The van der Waals surface area contributed by atoms with E-state index in [0.29, 0.717) is 19.1 Å². The molecule has 4 nitrogen and oxygen atoms in total. The third-order valence-corrected chi connectivity index (χ3v) is 4.57. The summed E-state index contributed by atoms with van der Waals surface area (Å²) in [5.41, 5.74) is 3.02. The van der Waals surface area contributed by atoms with Crippen molar-refractivity contribution < 1.29 is 13.9 Å². The Kier molecular flexibility index (Phi) is 6.03. The Balaban J connectivity index is 1.34. The zero-order chi connectivity index (χ0) is 19.9. The number of rotatable bonds is 8. The molecular weight excluding hydrogens is 362 g/mol. The van der Waals surface area contributed by atoms with Crippen molar-refractivity contribution in [3.63, 3.8) is 0 Å². The Morgan fingerprint density at radius 3 is 2.17 bits per heavy atom. The first-order valence-electron chi connectivity index (χ1n) is 9.69. The molecule has 4 rings (SSSR count). The van der Waals surface area contributed by atoms with Gasteiger partial charge in [-0.3, -0.25) is 0 Å². The van der Waals surface area contributed by atoms with Crippen molar-refractivity contribution in [1.82, 2.24) is 4.98 Å². The van der Waals surface area contributed by atoms with Gasteiger partial charge in [-0.15, -0.1) is 0 Å². The second-order valence-corrected chi connectivity index (χ2v) is 6.75. The van der Waals surface area contributed by atoms with Crippen LogP contribution in [-0.4, -0.2) is 11.6 Å². The van der Waals surface area contributed by atoms with Crippen molar-refractivity contribution in [2.45, 2.75) is 20.0 Å². The van der Waals surface area contributed by atoms with E-state index in [9.17, 15) is 0 Å². The van der Waals surface area contributed by atoms with Crippen LogP contribution in [0.3, 0.4) is 0 Å². The minimum absolute atomic E-state index is 0.603. The summed E-state index contributed by atoms with van der Waals surface area (Å²) in [4.78, 5) is 4.65. The SMILES string of the molecule is Cc1oc(-c2ccc(Oc3ccccc3)cc2)nc1CCOCc1ccccc1. The lowest BCUT2D eigenvalue weighted by Gasteiger charge is -2.05. The van der Waals surface area contributed by atoms with Gasteiger partial charge in [-0.2, -0.15) is 0 Å². The summed E-state index contributed by atoms with van der Waals surface area (Å²) < 4.78 is 17.5. The van der Waals surface area contributed by atoms with Gasteiger partial charge in [0.25, 0.3) is 0 Å². The summed E-state index contributed by atoms with van der Waals surface area (Å²) in [7, 11) is 0. The third kappa shape index (κ3) is 5.12. The molecule has 4 heteroatoms. The van der Waals surface area contributed by atoms with Crippen molar-refractivity contribution in [3.05, 3.63) is 102 Å². The largest absolute Gasteiger partial charge is 0.457 e. The molecular formula is C25H23NO3. The molecule has 29 heavy (non-hydrogen) atoms. The van der Waals surface area contributed by atoms with Crippen molar-refractivity contribution in [2.75, 3.05) is 6.61 Å². The number of benzene rings is 3. The zero-order valence-corrected chi connectivity index (χ0v) is 16.4. The van der Waals surface area contributed by atoms with Gasteiger partial charge in [-0.1, -0.05) is 48.5 Å². The number of para-hydroxylation sites is 1. The lowest BCUT2D eigenvalue weighted by Crippen LogP contribution is -2.00. The van der Waals surface area contributed by atoms with Crippen LogP contribution in [0.2, 0.25) is 0 Å². The Hall–Kier alpha value is -3.37. The van der Waals surface area contributed by atoms with Crippen LogP contribution in [0.25, 0.3) is 11.5 Å². The molecule has 0 spiro atoms. The fourth-order valence-electron chi connectivity index (χ4n) is 3.01. The average Bonchev–Trinajstić information content (AvgIpc) is 3.14. The molecule has 3 aromatic carbocycles. The van der Waals surface area contributed by atoms with E-state index in [-0.39, 0.29) is 0 Å². The third-order valence-electron chi connectivity index (χ3n) is 4.57. The van der Waals surface area contributed by atoms with E-state index in [4.69, 9.17) is 13.9 Å². The van der Waals surface area contributed by atoms with Crippen LogP contribution in [0.5, 0.6) is 11.5 Å². The maximum atomic E-state index is 5.87. The molecule has 4 aromatic rings. The second-order valence-electron chi connectivity index (χ2n) is 6.75. The number of ether oxygens (including phenoxy) is 2. The summed E-state index contributed by atoms with van der Waals surface area (Å²) in [5.74, 6) is 3.03. The summed E-state index contributed by atoms with van der Waals surface area (Å²) in [6.07, 6.45) is 0.720. The highest BCUT2D eigenvalue weighted by Crippen LogP contribution is 2.26. The number of hydrogen-bond donors (Lipinski definition) is 0. The first-order valence-corrected chi connectivity index (χ1v) is 9.69. The minimum atomic E-state index is 0.603. The molecule has 0 bridgehead atoms. The van der Waals surface area contributed by atoms with Gasteiger partial charge in [-0.05, 0) is 48.9 Å². The summed E-state index contributed by atoms with van der Waals surface area (Å²) >= 11 is 0. The molecule has 0 N–H and O–H groups in total. The smallest absolute Gasteiger partial charge is 0.226 e. The maximum absolute atomic E-state index is 5.87. The van der Waals surface area contributed by atoms with Gasteiger partial charge in [0.05, 0.1) is 18.9 Å². The lowest BCUT2D eigenvalue weighted by atomic mass is 10.2. The molecule has 0 aliphatic rings. The molecule has 0 saturated heterocycles. The van der Waals surface area contributed by atoms with Gasteiger partial charge in [0, 0.05) is 12.0 Å². The van der Waals surface area contributed by atoms with E-state index >= 15 is 0 Å². The molecule has 1 heterocycles. The molecule has 146 valence electrons. The fourth-order valence-corrected chi connectivity index (χ4v) is 3.01. The van der Waals surface area contributed by atoms with Gasteiger partial charge in [0.1, 0.15) is 17.3 Å². The number of nitrogens with zero attached hydrogens (tertiary/aromatic N) is 1. The molecule has 0 atom stereocenters. The Bertz CT molecular complexity index is 1020. The molecule has 0 saturated carbocycles. The Morgan fingerprint density at radius 2 is 1.45 bits per heavy atom. The molecule has 0 amide bonds. The van der Waals surface area contributed by atoms with Crippen molar-refractivity contribution >= 4 is 0 Å². The fraction of sp³-hybridized carbons (Fsp3) is 0.160. The highest BCUT2D eigenvalue weighted by atomic mass is 16.5. The molecule has 0 radical (unpaired) electrons. The molecule has 0 aliphatic carbocycles. The van der Waals surface area contributed by atoms with Crippen molar-refractivity contribution in [2.24, 2.45) is 0 Å². The van der Waals surface area contributed by atoms with E-state index < -0.39 is 0 Å². The standard InChI is InChI=1S/C25H23NO3/c1-19-24(16-17-27-18-20-8-4-2-5-9-20)26-25(28-19)21-12-14-23(15-13-21)29-22-10-6-3-7-11-22/h2-15H,16-18H2,1H3. The lowest BCUT2D eigenvalue weighted by molar-refractivity contribution is 0.123. The van der Waals surface area contributed by atoms with E-state index in [1.165, 1.54) is 5.56 Å². The topological polar surface area (TPSA) is 44.5 Å². The Morgan fingerprint density at radius 1 is 0.793 bits per heavy atom. The van der Waals surface area contributed by atoms with Gasteiger partial charge in [0.15, 0.2) is 0 Å². The first kappa shape index (κ1) is 19.0. The first-order chi connectivity index (χ1) is 14.3. The minimum Gasteiger partial charge on any atom is -0.457 e. The van der Waals surface area contributed by atoms with Gasteiger partial charge in [-0.25, -0.2) is 4.98 Å². The summed E-state index contributed by atoms with van der Waals surface area (Å²) in [6.45, 7) is 3.15. The number of aromatic nitrogens is 1. The summed E-state index contributed by atoms with van der Waals surface area (Å²) in [6, 6.07) is 27.6. The monoisotopic (exact) mass is 385 g/mol. The second kappa shape index (κ2) is 9.22. The van der Waals surface area contributed by atoms with Crippen LogP contribution in [0.4, 0.5) is 0 Å². The van der Waals surface area contributed by atoms with Crippen LogP contribution in [0, 0.1) is 6.92 Å². The number of oxazole rings is 1. The van der Waals surface area contributed by atoms with Gasteiger partial charge in [0.2, 0.25) is 5.89 Å². The highest BCUT2D eigenvalue weighted by Gasteiger charge is 2.11. The molecule has 0 fully saturated rings. The molecule has 1 aromatic heterocycles. The van der Waals surface area contributed by atoms with Crippen LogP contribution < -0.4 is 4.74 Å². The quantitative estimate of drug-likeness (QED) is 0.339. The van der Waals surface area contributed by atoms with Crippen LogP contribution in [0.15, 0.2) is 89.3 Å². The Labute approximate surface area is 170 Å². The molecule has 0 unspecified atom stereocenters. The number of hydrogen-bond acceptors (Lipinski definition) is 4. The molecule has 0 aliphatic heterocycles. The van der Waals surface area contributed by atoms with E-state index in [0.717, 1.165) is 34.9 Å². The van der Waals surface area contributed by atoms with Crippen molar-refractivity contribution in [3.8, 4) is 23.0 Å². The van der Waals surface area contributed by atoms with E-state index in [2.05, 4.69) is 17.1 Å². The van der Waals surface area contributed by atoms with Gasteiger partial charge < -0.3 is 13.9 Å². The summed E-state index contributed by atoms with van der Waals surface area (Å²) in [5, 5.41) is 0. The highest BCUT2D eigenvalue weighted by molar-refractivity contribution is 5.55. The normalized spacial score (nSPS) is 10.8.